The number of carbonyl (C=O) groups is 1. The maximum absolute atomic E-state index is 13.2. The van der Waals surface area contributed by atoms with Gasteiger partial charge in [0.25, 0.3) is 0 Å². The molecule has 1 fully saturated rings. The molecular weight excluding hydrogens is 453 g/mol. The SMILES string of the molecule is Cc1cc(Cl)cc2sc(N(CCN3CCOCC3)C(=O)CCc3ccccc3)nc12.Cl. The van der Waals surface area contributed by atoms with Crippen LogP contribution < -0.4 is 4.90 Å². The van der Waals surface area contributed by atoms with E-state index in [9.17, 15) is 4.79 Å². The third-order valence-electron chi connectivity index (χ3n) is 5.38. The van der Waals surface area contributed by atoms with Gasteiger partial charge >= 0.3 is 0 Å². The van der Waals surface area contributed by atoms with Crippen molar-refractivity contribution in [2.45, 2.75) is 19.8 Å². The molecule has 0 radical (unpaired) electrons. The van der Waals surface area contributed by atoms with Crippen molar-refractivity contribution >= 4 is 56.6 Å². The fraction of sp³-hybridized carbons (Fsp3) is 0.391. The van der Waals surface area contributed by atoms with Crippen LogP contribution in [0.1, 0.15) is 17.5 Å². The Morgan fingerprint density at radius 3 is 2.71 bits per heavy atom. The predicted octanol–water partition coefficient (Wildman–Crippen LogP) is 4.98. The topological polar surface area (TPSA) is 45.7 Å². The van der Waals surface area contributed by atoms with Gasteiger partial charge in [0.05, 0.1) is 23.4 Å². The standard InChI is InChI=1S/C23H26ClN3O2S.ClH/c1-17-15-19(24)16-20-22(17)25-23(30-20)27(10-9-26-11-13-29-14-12-26)21(28)8-7-18-5-3-2-4-6-18;/h2-6,15-16H,7-14H2,1H3;1H. The first-order chi connectivity index (χ1) is 14.6. The Kier molecular flexibility index (Phi) is 8.69. The number of nitrogens with zero attached hydrogens (tertiary/aromatic N) is 3. The number of amides is 1. The van der Waals surface area contributed by atoms with E-state index in [1.54, 1.807) is 0 Å². The first-order valence-corrected chi connectivity index (χ1v) is 11.5. The quantitative estimate of drug-likeness (QED) is 0.479. The molecule has 1 amide bonds. The number of ether oxygens (including phenoxy) is 1. The number of halogens is 2. The van der Waals surface area contributed by atoms with E-state index < -0.39 is 0 Å². The molecule has 1 saturated heterocycles. The minimum absolute atomic E-state index is 0. The molecule has 0 aliphatic carbocycles. The molecule has 2 aromatic carbocycles. The molecule has 1 aromatic heterocycles. The summed E-state index contributed by atoms with van der Waals surface area (Å²) in [5.41, 5.74) is 3.13. The van der Waals surface area contributed by atoms with E-state index in [1.807, 2.05) is 42.2 Å². The molecule has 0 N–H and O–H groups in total. The summed E-state index contributed by atoms with van der Waals surface area (Å²) in [6, 6.07) is 14.0. The lowest BCUT2D eigenvalue weighted by atomic mass is 10.1. The molecule has 1 aliphatic rings. The zero-order chi connectivity index (χ0) is 20.9. The third-order valence-corrected chi connectivity index (χ3v) is 6.63. The molecule has 31 heavy (non-hydrogen) atoms. The second-order valence-corrected chi connectivity index (χ2v) is 9.00. The largest absolute Gasteiger partial charge is 0.379 e. The van der Waals surface area contributed by atoms with Crippen LogP contribution >= 0.6 is 35.3 Å². The third kappa shape index (κ3) is 6.18. The molecule has 1 aliphatic heterocycles. The summed E-state index contributed by atoms with van der Waals surface area (Å²) in [7, 11) is 0. The molecule has 0 spiro atoms. The van der Waals surface area contributed by atoms with Crippen molar-refractivity contribution in [1.82, 2.24) is 9.88 Å². The number of carbonyl (C=O) groups excluding carboxylic acids is 1. The van der Waals surface area contributed by atoms with Crippen LogP contribution in [0.3, 0.4) is 0 Å². The highest BCUT2D eigenvalue weighted by Crippen LogP contribution is 2.33. The summed E-state index contributed by atoms with van der Waals surface area (Å²) in [4.78, 5) is 22.3. The Bertz CT molecular complexity index is 1010. The van der Waals surface area contributed by atoms with Gasteiger partial charge in [0.2, 0.25) is 5.91 Å². The maximum atomic E-state index is 13.2. The number of rotatable bonds is 7. The fourth-order valence-corrected chi connectivity index (χ4v) is 5.15. The van der Waals surface area contributed by atoms with Crippen molar-refractivity contribution in [2.75, 3.05) is 44.3 Å². The lowest BCUT2D eigenvalue weighted by molar-refractivity contribution is -0.118. The number of fused-ring (bicyclic) bond motifs is 1. The molecule has 0 saturated carbocycles. The zero-order valence-corrected chi connectivity index (χ0v) is 19.9. The van der Waals surface area contributed by atoms with E-state index in [2.05, 4.69) is 17.0 Å². The number of anilines is 1. The number of thiazole rings is 1. The number of hydrogen-bond donors (Lipinski definition) is 0. The average Bonchev–Trinajstić information content (AvgIpc) is 3.18. The van der Waals surface area contributed by atoms with Gasteiger partial charge in [-0.05, 0) is 36.6 Å². The van der Waals surface area contributed by atoms with Crippen molar-refractivity contribution in [2.24, 2.45) is 0 Å². The molecule has 5 nitrogen and oxygen atoms in total. The summed E-state index contributed by atoms with van der Waals surface area (Å²) in [6.07, 6.45) is 1.19. The second kappa shape index (κ2) is 11.2. The van der Waals surface area contributed by atoms with Gasteiger partial charge in [0.1, 0.15) is 0 Å². The van der Waals surface area contributed by atoms with Gasteiger partial charge in [-0.15, -0.1) is 12.4 Å². The van der Waals surface area contributed by atoms with Gasteiger partial charge in [-0.1, -0.05) is 53.3 Å². The Labute approximate surface area is 198 Å². The number of morpholine rings is 1. The summed E-state index contributed by atoms with van der Waals surface area (Å²) >= 11 is 7.77. The summed E-state index contributed by atoms with van der Waals surface area (Å²) < 4.78 is 6.46. The highest BCUT2D eigenvalue weighted by Gasteiger charge is 2.22. The van der Waals surface area contributed by atoms with Crippen LogP contribution in [0.25, 0.3) is 10.2 Å². The Hall–Kier alpha value is -1.70. The smallest absolute Gasteiger partial charge is 0.229 e. The number of benzene rings is 2. The van der Waals surface area contributed by atoms with E-state index in [0.717, 1.165) is 60.2 Å². The molecule has 166 valence electrons. The van der Waals surface area contributed by atoms with E-state index in [1.165, 1.54) is 16.9 Å². The van der Waals surface area contributed by atoms with Gasteiger partial charge in [-0.3, -0.25) is 14.6 Å². The normalized spacial score (nSPS) is 14.4. The van der Waals surface area contributed by atoms with Crippen molar-refractivity contribution in [3.8, 4) is 0 Å². The van der Waals surface area contributed by atoms with E-state index >= 15 is 0 Å². The van der Waals surface area contributed by atoms with Crippen molar-refractivity contribution in [1.29, 1.82) is 0 Å². The van der Waals surface area contributed by atoms with Crippen molar-refractivity contribution in [3.05, 3.63) is 58.6 Å². The van der Waals surface area contributed by atoms with Gasteiger partial charge < -0.3 is 4.74 Å². The van der Waals surface area contributed by atoms with Gasteiger partial charge in [-0.2, -0.15) is 0 Å². The van der Waals surface area contributed by atoms with E-state index in [-0.39, 0.29) is 18.3 Å². The van der Waals surface area contributed by atoms with E-state index in [4.69, 9.17) is 21.3 Å². The van der Waals surface area contributed by atoms with Crippen LogP contribution in [0, 0.1) is 6.92 Å². The highest BCUT2D eigenvalue weighted by molar-refractivity contribution is 7.22. The van der Waals surface area contributed by atoms with Crippen LogP contribution in [-0.4, -0.2) is 55.2 Å². The minimum atomic E-state index is 0. The lowest BCUT2D eigenvalue weighted by Crippen LogP contribution is -2.43. The van der Waals surface area contributed by atoms with Crippen LogP contribution in [0.4, 0.5) is 5.13 Å². The van der Waals surface area contributed by atoms with Crippen LogP contribution in [-0.2, 0) is 16.0 Å². The summed E-state index contributed by atoms with van der Waals surface area (Å²) in [5, 5.41) is 1.45. The number of aryl methyl sites for hydroxylation is 2. The van der Waals surface area contributed by atoms with Gasteiger partial charge in [0, 0.05) is 37.6 Å². The van der Waals surface area contributed by atoms with E-state index in [0.29, 0.717) is 18.0 Å². The van der Waals surface area contributed by atoms with Crippen LogP contribution in [0.5, 0.6) is 0 Å². The van der Waals surface area contributed by atoms with Gasteiger partial charge in [-0.25, -0.2) is 4.98 Å². The number of aromatic nitrogens is 1. The second-order valence-electron chi connectivity index (χ2n) is 7.55. The highest BCUT2D eigenvalue weighted by atomic mass is 35.5. The summed E-state index contributed by atoms with van der Waals surface area (Å²) in [5.74, 6) is 0.106. The Balaban J connectivity index is 0.00000272. The Morgan fingerprint density at radius 1 is 1.23 bits per heavy atom. The molecule has 0 unspecified atom stereocenters. The average molecular weight is 480 g/mol. The number of hydrogen-bond acceptors (Lipinski definition) is 5. The molecule has 4 rings (SSSR count). The molecule has 0 atom stereocenters. The first-order valence-electron chi connectivity index (χ1n) is 10.3. The molecule has 3 aromatic rings. The summed E-state index contributed by atoms with van der Waals surface area (Å²) in [6.45, 7) is 6.76. The van der Waals surface area contributed by atoms with Crippen LogP contribution in [0.2, 0.25) is 5.02 Å². The first kappa shape index (κ1) is 24.0. The molecule has 8 heteroatoms. The molecular formula is C23H27Cl2N3O2S. The zero-order valence-electron chi connectivity index (χ0n) is 17.6. The predicted molar refractivity (Wildman–Crippen MR) is 131 cm³/mol. The van der Waals surface area contributed by atoms with Crippen LogP contribution in [0.15, 0.2) is 42.5 Å². The lowest BCUT2D eigenvalue weighted by Gasteiger charge is -2.29. The van der Waals surface area contributed by atoms with Crippen molar-refractivity contribution in [3.63, 3.8) is 0 Å². The monoisotopic (exact) mass is 479 g/mol. The fourth-order valence-electron chi connectivity index (χ4n) is 3.68. The van der Waals surface area contributed by atoms with Crippen molar-refractivity contribution < 1.29 is 9.53 Å². The maximum Gasteiger partial charge on any atom is 0.229 e. The minimum Gasteiger partial charge on any atom is -0.379 e. The van der Waals surface area contributed by atoms with Gasteiger partial charge in [0.15, 0.2) is 5.13 Å². The molecule has 2 heterocycles. The molecule has 0 bridgehead atoms. The Morgan fingerprint density at radius 2 is 1.97 bits per heavy atom.